The van der Waals surface area contributed by atoms with Crippen LogP contribution >= 0.6 is 23.1 Å². The van der Waals surface area contributed by atoms with Crippen molar-refractivity contribution in [1.29, 1.82) is 0 Å². The molecule has 2 N–H and O–H groups in total. The molecular formula is C18H20N2O7S2. The number of β-lactam (4-membered cyclic amide) rings is 1. The van der Waals surface area contributed by atoms with Gasteiger partial charge in [-0.1, -0.05) is 6.07 Å². The third-order valence-electron chi connectivity index (χ3n) is 4.37. The Balaban J connectivity index is 1.84. The quantitative estimate of drug-likeness (QED) is 0.348. The van der Waals surface area contributed by atoms with Crippen molar-refractivity contribution >= 4 is 46.9 Å². The molecule has 2 amide bonds. The average molecular weight is 440 g/mol. The van der Waals surface area contributed by atoms with E-state index < -0.39 is 28.9 Å². The van der Waals surface area contributed by atoms with Crippen LogP contribution in [0.2, 0.25) is 0 Å². The second-order valence-electron chi connectivity index (χ2n) is 6.35. The highest BCUT2D eigenvalue weighted by Crippen LogP contribution is 2.46. The number of ether oxygens (including phenoxy) is 2. The Hall–Kier alpha value is -2.37. The molecule has 1 unspecified atom stereocenters. The molecule has 2 atom stereocenters. The number of carboxylic acids is 1. The standard InChI is InChI=1S/C18H20N2O7S2/c1-3-27-18(19-13(22)7-12-5-4-6-28-12)16(25)20-14(15(23)24)11(8-26-10(2)21)9-29-17(18)20/h4-6,17H,3,7-9H2,1-2H3,(H,19,22)(H,23,24)/t17-,18?/m1/s1. The Labute approximate surface area is 175 Å². The van der Waals surface area contributed by atoms with Crippen molar-refractivity contribution in [1.82, 2.24) is 10.2 Å². The summed E-state index contributed by atoms with van der Waals surface area (Å²) in [5.41, 5.74) is -1.54. The van der Waals surface area contributed by atoms with Crippen molar-refractivity contribution in [2.75, 3.05) is 19.0 Å². The topological polar surface area (TPSA) is 122 Å². The third kappa shape index (κ3) is 4.02. The highest BCUT2D eigenvalue weighted by molar-refractivity contribution is 8.00. The van der Waals surface area contributed by atoms with Crippen LogP contribution in [0.1, 0.15) is 18.7 Å². The lowest BCUT2D eigenvalue weighted by molar-refractivity contribution is -0.197. The van der Waals surface area contributed by atoms with Gasteiger partial charge in [-0.2, -0.15) is 0 Å². The number of thioether (sulfide) groups is 1. The van der Waals surface area contributed by atoms with Gasteiger partial charge in [0.05, 0.1) is 6.42 Å². The minimum absolute atomic E-state index is 0.0937. The molecule has 9 nitrogen and oxygen atoms in total. The van der Waals surface area contributed by atoms with Gasteiger partial charge in [-0.3, -0.25) is 19.3 Å². The maximum atomic E-state index is 13.0. The van der Waals surface area contributed by atoms with Crippen molar-refractivity contribution in [3.8, 4) is 0 Å². The van der Waals surface area contributed by atoms with Crippen LogP contribution in [0, 0.1) is 0 Å². The molecular weight excluding hydrogens is 420 g/mol. The van der Waals surface area contributed by atoms with Crippen molar-refractivity contribution in [2.45, 2.75) is 31.4 Å². The molecule has 156 valence electrons. The van der Waals surface area contributed by atoms with Gasteiger partial charge in [0, 0.05) is 29.7 Å². The molecule has 0 radical (unpaired) electrons. The number of hydrogen-bond acceptors (Lipinski definition) is 8. The zero-order valence-corrected chi connectivity index (χ0v) is 17.4. The number of carboxylic acid groups (broad SMARTS) is 1. The van der Waals surface area contributed by atoms with E-state index in [0.717, 1.165) is 9.78 Å². The lowest BCUT2D eigenvalue weighted by atomic mass is 9.97. The van der Waals surface area contributed by atoms with Crippen LogP contribution in [-0.4, -0.2) is 63.8 Å². The molecule has 0 saturated carbocycles. The fraction of sp³-hybridized carbons (Fsp3) is 0.444. The molecule has 29 heavy (non-hydrogen) atoms. The van der Waals surface area contributed by atoms with Crippen molar-refractivity contribution in [2.24, 2.45) is 0 Å². The lowest BCUT2D eigenvalue weighted by Crippen LogP contribution is -2.81. The molecule has 1 saturated heterocycles. The van der Waals surface area contributed by atoms with Gasteiger partial charge in [-0.15, -0.1) is 23.1 Å². The highest BCUT2D eigenvalue weighted by atomic mass is 32.2. The van der Waals surface area contributed by atoms with Crippen molar-refractivity contribution in [3.63, 3.8) is 0 Å². The number of hydrogen-bond donors (Lipinski definition) is 2. The van der Waals surface area contributed by atoms with E-state index >= 15 is 0 Å². The molecule has 0 spiro atoms. The van der Waals surface area contributed by atoms with Crippen LogP contribution in [0.4, 0.5) is 0 Å². The van der Waals surface area contributed by atoms with E-state index in [2.05, 4.69) is 5.32 Å². The second kappa shape index (κ2) is 8.56. The zero-order chi connectivity index (χ0) is 21.2. The van der Waals surface area contributed by atoms with Crippen LogP contribution in [-0.2, 0) is 35.1 Å². The zero-order valence-electron chi connectivity index (χ0n) is 15.8. The molecule has 0 bridgehead atoms. The van der Waals surface area contributed by atoms with Crippen LogP contribution in [0.3, 0.4) is 0 Å². The molecule has 11 heteroatoms. The lowest BCUT2D eigenvalue weighted by Gasteiger charge is -2.56. The summed E-state index contributed by atoms with van der Waals surface area (Å²) in [6, 6.07) is 3.64. The molecule has 1 aromatic heterocycles. The predicted octanol–water partition coefficient (Wildman–Crippen LogP) is 0.956. The Morgan fingerprint density at radius 1 is 1.41 bits per heavy atom. The number of esters is 1. The first-order valence-electron chi connectivity index (χ1n) is 8.81. The van der Waals surface area contributed by atoms with E-state index in [1.54, 1.807) is 6.92 Å². The van der Waals surface area contributed by atoms with Crippen molar-refractivity contribution < 1.29 is 33.8 Å². The minimum atomic E-state index is -1.62. The van der Waals surface area contributed by atoms with Gasteiger partial charge in [-0.05, 0) is 18.4 Å². The molecule has 0 aliphatic carbocycles. The van der Waals surface area contributed by atoms with E-state index in [9.17, 15) is 24.3 Å². The Morgan fingerprint density at radius 3 is 2.76 bits per heavy atom. The summed E-state index contributed by atoms with van der Waals surface area (Å²) in [4.78, 5) is 50.4. The summed E-state index contributed by atoms with van der Waals surface area (Å²) in [6.45, 7) is 2.85. The molecule has 0 aromatic carbocycles. The number of fused-ring (bicyclic) bond motifs is 1. The van der Waals surface area contributed by atoms with Crippen LogP contribution in [0.25, 0.3) is 0 Å². The van der Waals surface area contributed by atoms with Crippen LogP contribution < -0.4 is 5.32 Å². The monoisotopic (exact) mass is 440 g/mol. The van der Waals surface area contributed by atoms with E-state index in [1.165, 1.54) is 30.0 Å². The number of carbonyl (C=O) groups is 4. The van der Waals surface area contributed by atoms with Gasteiger partial charge in [0.1, 0.15) is 17.7 Å². The Bertz CT molecular complexity index is 868. The third-order valence-corrected chi connectivity index (χ3v) is 6.62. The summed E-state index contributed by atoms with van der Waals surface area (Å²) < 4.78 is 10.6. The number of thiophene rings is 1. The summed E-state index contributed by atoms with van der Waals surface area (Å²) in [6.07, 6.45) is 0.0937. The maximum absolute atomic E-state index is 13.0. The second-order valence-corrected chi connectivity index (χ2v) is 8.45. The molecule has 3 rings (SSSR count). The molecule has 2 aliphatic heterocycles. The average Bonchev–Trinajstić information content (AvgIpc) is 3.17. The SMILES string of the molecule is CCOC1(NC(=O)Cc2cccs2)C(=O)N2C(C(=O)O)=C(COC(C)=O)CS[C@@H]21. The Morgan fingerprint density at radius 2 is 2.17 bits per heavy atom. The normalized spacial score (nSPS) is 23.3. The van der Waals surface area contributed by atoms with Crippen LogP contribution in [0.15, 0.2) is 28.8 Å². The minimum Gasteiger partial charge on any atom is -0.477 e. The Kier molecular flexibility index (Phi) is 6.30. The fourth-order valence-corrected chi connectivity index (χ4v) is 5.32. The summed E-state index contributed by atoms with van der Waals surface area (Å²) in [5.74, 6) is -2.68. The first-order chi connectivity index (χ1) is 13.8. The number of aliphatic carboxylic acids is 1. The smallest absolute Gasteiger partial charge is 0.352 e. The van der Waals surface area contributed by atoms with E-state index in [1.807, 2.05) is 17.5 Å². The predicted molar refractivity (Wildman–Crippen MR) is 105 cm³/mol. The summed E-state index contributed by atoms with van der Waals surface area (Å²) in [5, 5.41) is 13.4. The molecule has 1 fully saturated rings. The maximum Gasteiger partial charge on any atom is 0.352 e. The van der Waals surface area contributed by atoms with Gasteiger partial charge in [-0.25, -0.2) is 4.79 Å². The molecule has 3 heterocycles. The number of carbonyl (C=O) groups excluding carboxylic acids is 3. The van der Waals surface area contributed by atoms with Gasteiger partial charge < -0.3 is 19.9 Å². The number of rotatable bonds is 8. The molecule has 1 aromatic rings. The number of nitrogens with zero attached hydrogens (tertiary/aromatic N) is 1. The highest BCUT2D eigenvalue weighted by Gasteiger charge is 2.66. The van der Waals surface area contributed by atoms with Gasteiger partial charge >= 0.3 is 11.9 Å². The number of nitrogens with one attached hydrogen (secondary N) is 1. The first kappa shape index (κ1) is 21.3. The molecule has 2 aliphatic rings. The largest absolute Gasteiger partial charge is 0.477 e. The van der Waals surface area contributed by atoms with Crippen molar-refractivity contribution in [3.05, 3.63) is 33.7 Å². The fourth-order valence-electron chi connectivity index (χ4n) is 3.22. The first-order valence-corrected chi connectivity index (χ1v) is 10.7. The van der Waals surface area contributed by atoms with E-state index in [4.69, 9.17) is 9.47 Å². The summed E-state index contributed by atoms with van der Waals surface area (Å²) in [7, 11) is 0. The van der Waals surface area contributed by atoms with E-state index in [0.29, 0.717) is 5.57 Å². The van der Waals surface area contributed by atoms with E-state index in [-0.39, 0.29) is 37.0 Å². The summed E-state index contributed by atoms with van der Waals surface area (Å²) >= 11 is 2.67. The van der Waals surface area contributed by atoms with Crippen LogP contribution in [0.5, 0.6) is 0 Å². The van der Waals surface area contributed by atoms with Gasteiger partial charge in [0.15, 0.2) is 0 Å². The number of amides is 2. The van der Waals surface area contributed by atoms with Gasteiger partial charge in [0.25, 0.3) is 11.6 Å². The van der Waals surface area contributed by atoms with Gasteiger partial charge in [0.2, 0.25) is 5.91 Å².